The summed E-state index contributed by atoms with van der Waals surface area (Å²) in [5.41, 5.74) is 1.35. The van der Waals surface area contributed by atoms with Crippen molar-refractivity contribution in [3.63, 3.8) is 0 Å². The monoisotopic (exact) mass is 243 g/mol. The van der Waals surface area contributed by atoms with Crippen molar-refractivity contribution in [3.05, 3.63) is 48.0 Å². The smallest absolute Gasteiger partial charge is 0.0431 e. The number of unbranched alkanes of at least 4 members (excludes halogenated alkanes) is 1. The zero-order valence-electron chi connectivity index (χ0n) is 11.0. The van der Waals surface area contributed by atoms with Crippen LogP contribution in [0.1, 0.15) is 18.4 Å². The van der Waals surface area contributed by atoms with Gasteiger partial charge in [0, 0.05) is 13.2 Å². The Labute approximate surface area is 109 Å². The Morgan fingerprint density at radius 3 is 2.56 bits per heavy atom. The Balaban J connectivity index is 1.98. The van der Waals surface area contributed by atoms with Crippen LogP contribution in [-0.4, -0.2) is 30.2 Å². The number of nitrogens with zero attached hydrogens (tertiary/aromatic N) is 1. The molecule has 18 heavy (non-hydrogen) atoms. The third-order valence-corrected chi connectivity index (χ3v) is 3.21. The van der Waals surface area contributed by atoms with E-state index in [1.165, 1.54) is 16.3 Å². The van der Waals surface area contributed by atoms with Crippen molar-refractivity contribution in [2.24, 2.45) is 0 Å². The van der Waals surface area contributed by atoms with Gasteiger partial charge in [0.25, 0.3) is 0 Å². The van der Waals surface area contributed by atoms with E-state index in [0.29, 0.717) is 6.61 Å². The summed E-state index contributed by atoms with van der Waals surface area (Å²) < 4.78 is 0. The van der Waals surface area contributed by atoms with Crippen LogP contribution in [0.3, 0.4) is 0 Å². The molecule has 0 unspecified atom stereocenters. The lowest BCUT2D eigenvalue weighted by Gasteiger charge is -2.16. The third-order valence-electron chi connectivity index (χ3n) is 3.21. The van der Waals surface area contributed by atoms with Gasteiger partial charge in [-0.25, -0.2) is 0 Å². The molecule has 1 N–H and O–H groups in total. The molecule has 0 saturated heterocycles. The maximum absolute atomic E-state index is 8.77. The maximum Gasteiger partial charge on any atom is 0.0431 e. The Morgan fingerprint density at radius 1 is 1.00 bits per heavy atom. The fourth-order valence-electron chi connectivity index (χ4n) is 2.22. The molecule has 2 aromatic carbocycles. The van der Waals surface area contributed by atoms with Gasteiger partial charge in [0.15, 0.2) is 0 Å². The number of hydrogen-bond donors (Lipinski definition) is 1. The normalized spacial score (nSPS) is 11.3. The molecule has 0 amide bonds. The van der Waals surface area contributed by atoms with Gasteiger partial charge in [0.2, 0.25) is 0 Å². The van der Waals surface area contributed by atoms with E-state index in [2.05, 4.69) is 54.4 Å². The molecule has 2 heteroatoms. The summed E-state index contributed by atoms with van der Waals surface area (Å²) in [7, 11) is 2.13. The van der Waals surface area contributed by atoms with E-state index in [4.69, 9.17) is 5.11 Å². The molecule has 0 heterocycles. The quantitative estimate of drug-likeness (QED) is 0.788. The van der Waals surface area contributed by atoms with Gasteiger partial charge in [0.1, 0.15) is 0 Å². The molecule has 0 fully saturated rings. The van der Waals surface area contributed by atoms with E-state index in [1.54, 1.807) is 0 Å². The van der Waals surface area contributed by atoms with Gasteiger partial charge < -0.3 is 10.0 Å². The summed E-state index contributed by atoms with van der Waals surface area (Å²) in [5.74, 6) is 0. The molecule has 2 rings (SSSR count). The summed E-state index contributed by atoms with van der Waals surface area (Å²) in [5, 5.41) is 11.4. The minimum Gasteiger partial charge on any atom is -0.396 e. The molecule has 2 aromatic rings. The van der Waals surface area contributed by atoms with Crippen LogP contribution < -0.4 is 0 Å². The van der Waals surface area contributed by atoms with E-state index in [0.717, 1.165) is 25.9 Å². The minimum atomic E-state index is 0.295. The Kier molecular flexibility index (Phi) is 4.73. The second kappa shape index (κ2) is 6.53. The van der Waals surface area contributed by atoms with Gasteiger partial charge in [-0.3, -0.25) is 0 Å². The summed E-state index contributed by atoms with van der Waals surface area (Å²) >= 11 is 0. The van der Waals surface area contributed by atoms with Gasteiger partial charge in [-0.15, -0.1) is 0 Å². The van der Waals surface area contributed by atoms with Crippen LogP contribution in [-0.2, 0) is 6.54 Å². The van der Waals surface area contributed by atoms with Crippen LogP contribution in [0.4, 0.5) is 0 Å². The van der Waals surface area contributed by atoms with E-state index in [1.807, 2.05) is 0 Å². The van der Waals surface area contributed by atoms with E-state index >= 15 is 0 Å². The van der Waals surface area contributed by atoms with Gasteiger partial charge in [-0.1, -0.05) is 36.4 Å². The van der Waals surface area contributed by atoms with Gasteiger partial charge in [-0.05, 0) is 48.8 Å². The number of benzene rings is 2. The minimum absolute atomic E-state index is 0.295. The molecule has 96 valence electrons. The van der Waals surface area contributed by atoms with Gasteiger partial charge in [0.05, 0.1) is 0 Å². The fraction of sp³-hybridized carbons (Fsp3) is 0.375. The van der Waals surface area contributed by atoms with Crippen molar-refractivity contribution in [2.75, 3.05) is 20.2 Å². The van der Waals surface area contributed by atoms with E-state index in [-0.39, 0.29) is 0 Å². The van der Waals surface area contributed by atoms with Gasteiger partial charge >= 0.3 is 0 Å². The Hall–Kier alpha value is -1.38. The number of aliphatic hydroxyl groups excluding tert-OH is 1. The number of rotatable bonds is 6. The second-order valence-electron chi connectivity index (χ2n) is 4.85. The predicted molar refractivity (Wildman–Crippen MR) is 76.6 cm³/mol. The zero-order chi connectivity index (χ0) is 12.8. The second-order valence-corrected chi connectivity index (χ2v) is 4.85. The number of aliphatic hydroxyl groups is 1. The first-order valence-electron chi connectivity index (χ1n) is 6.56. The van der Waals surface area contributed by atoms with Crippen LogP contribution >= 0.6 is 0 Å². The van der Waals surface area contributed by atoms with Crippen LogP contribution in [0.15, 0.2) is 42.5 Å². The molecule has 0 saturated carbocycles. The van der Waals surface area contributed by atoms with Crippen molar-refractivity contribution in [1.29, 1.82) is 0 Å². The van der Waals surface area contributed by atoms with Crippen molar-refractivity contribution >= 4 is 10.8 Å². The lowest BCUT2D eigenvalue weighted by molar-refractivity contribution is 0.261. The fourth-order valence-corrected chi connectivity index (χ4v) is 2.22. The zero-order valence-corrected chi connectivity index (χ0v) is 11.0. The van der Waals surface area contributed by atoms with E-state index in [9.17, 15) is 0 Å². The van der Waals surface area contributed by atoms with Crippen LogP contribution in [0, 0.1) is 0 Å². The highest BCUT2D eigenvalue weighted by Crippen LogP contribution is 2.16. The lowest BCUT2D eigenvalue weighted by atomic mass is 10.1. The molecule has 0 spiro atoms. The topological polar surface area (TPSA) is 23.5 Å². The SMILES string of the molecule is CN(CCCCO)Cc1ccc2ccccc2c1. The molecule has 2 nitrogen and oxygen atoms in total. The average molecular weight is 243 g/mol. The van der Waals surface area contributed by atoms with Crippen LogP contribution in [0.2, 0.25) is 0 Å². The average Bonchev–Trinajstić information content (AvgIpc) is 2.39. The number of hydrogen-bond acceptors (Lipinski definition) is 2. The highest BCUT2D eigenvalue weighted by atomic mass is 16.2. The maximum atomic E-state index is 8.77. The molecular formula is C16H21NO. The molecule has 0 aliphatic carbocycles. The van der Waals surface area contributed by atoms with Crippen LogP contribution in [0.25, 0.3) is 10.8 Å². The van der Waals surface area contributed by atoms with Crippen LogP contribution in [0.5, 0.6) is 0 Å². The molecule has 0 aliphatic heterocycles. The van der Waals surface area contributed by atoms with Crippen molar-refractivity contribution in [3.8, 4) is 0 Å². The van der Waals surface area contributed by atoms with Crippen molar-refractivity contribution in [2.45, 2.75) is 19.4 Å². The summed E-state index contributed by atoms with van der Waals surface area (Å²) in [6.07, 6.45) is 1.95. The summed E-state index contributed by atoms with van der Waals surface area (Å²) in [6.45, 7) is 2.30. The first-order chi connectivity index (χ1) is 8.79. The Morgan fingerprint density at radius 2 is 1.78 bits per heavy atom. The Bertz CT molecular complexity index is 495. The number of fused-ring (bicyclic) bond motifs is 1. The van der Waals surface area contributed by atoms with Crippen molar-refractivity contribution in [1.82, 2.24) is 4.90 Å². The standard InChI is InChI=1S/C16H21NO/c1-17(10-4-5-11-18)13-14-8-9-15-6-2-3-7-16(15)12-14/h2-3,6-9,12,18H,4-5,10-11,13H2,1H3. The summed E-state index contributed by atoms with van der Waals surface area (Å²) in [6, 6.07) is 15.1. The summed E-state index contributed by atoms with van der Waals surface area (Å²) in [4.78, 5) is 2.31. The highest BCUT2D eigenvalue weighted by Gasteiger charge is 2.01. The van der Waals surface area contributed by atoms with E-state index < -0.39 is 0 Å². The molecule has 0 aromatic heterocycles. The molecule has 0 bridgehead atoms. The molecular weight excluding hydrogens is 222 g/mol. The first kappa shape index (κ1) is 13.1. The van der Waals surface area contributed by atoms with Gasteiger partial charge in [-0.2, -0.15) is 0 Å². The third kappa shape index (κ3) is 3.56. The largest absolute Gasteiger partial charge is 0.396 e. The first-order valence-corrected chi connectivity index (χ1v) is 6.56. The predicted octanol–water partition coefficient (Wildman–Crippen LogP) is 3.04. The molecule has 0 aliphatic rings. The molecule has 0 radical (unpaired) electrons. The highest BCUT2D eigenvalue weighted by molar-refractivity contribution is 5.82. The van der Waals surface area contributed by atoms with Crippen molar-refractivity contribution < 1.29 is 5.11 Å². The lowest BCUT2D eigenvalue weighted by Crippen LogP contribution is -2.19. The molecule has 0 atom stereocenters.